The molecule has 0 spiro atoms. The van der Waals surface area contributed by atoms with Crippen LogP contribution in [0.15, 0.2) is 109 Å². The zero-order chi connectivity index (χ0) is 49.2. The lowest BCUT2D eigenvalue weighted by atomic mass is 10.0. The predicted octanol–water partition coefficient (Wildman–Crippen LogP) is 19.5. The Balaban J connectivity index is 3.58. The smallest absolute Gasteiger partial charge is 0.220 e. The highest BCUT2D eigenvalue weighted by Gasteiger charge is 2.18. The zero-order valence-corrected chi connectivity index (χ0v) is 44.8. The van der Waals surface area contributed by atoms with Crippen molar-refractivity contribution >= 4 is 5.91 Å². The maximum Gasteiger partial charge on any atom is 0.220 e. The van der Waals surface area contributed by atoms with Crippen LogP contribution in [0.2, 0.25) is 0 Å². The van der Waals surface area contributed by atoms with E-state index in [9.17, 15) is 15.0 Å². The van der Waals surface area contributed by atoms with Crippen molar-refractivity contribution in [3.05, 3.63) is 109 Å². The summed E-state index contributed by atoms with van der Waals surface area (Å²) in [5.41, 5.74) is 0. The topological polar surface area (TPSA) is 69.6 Å². The molecule has 4 heteroatoms. The van der Waals surface area contributed by atoms with Gasteiger partial charge in [-0.05, 0) is 96.3 Å². The Hall–Kier alpha value is -2.95. The van der Waals surface area contributed by atoms with Crippen LogP contribution in [-0.4, -0.2) is 34.9 Å². The Morgan fingerprint density at radius 2 is 0.662 bits per heavy atom. The third-order valence-corrected chi connectivity index (χ3v) is 12.7. The van der Waals surface area contributed by atoms with Crippen LogP contribution in [0.5, 0.6) is 0 Å². The van der Waals surface area contributed by atoms with Gasteiger partial charge in [0.25, 0.3) is 0 Å². The SMILES string of the molecule is CC/C=C\C/C=C\C/C=C\C/C=C\C/C=C\C/C=C\CCCCCCCCCCCCCCCCC(=O)NC(CO)C(O)/C=C/CC/C=C/CC/C=C/CCCCCCCCCCCCCCC. The van der Waals surface area contributed by atoms with Crippen LogP contribution >= 0.6 is 0 Å². The quantitative estimate of drug-likeness (QED) is 0.0420. The van der Waals surface area contributed by atoms with Gasteiger partial charge < -0.3 is 15.5 Å². The van der Waals surface area contributed by atoms with Crippen LogP contribution in [0.4, 0.5) is 0 Å². The van der Waals surface area contributed by atoms with Gasteiger partial charge in [0.05, 0.1) is 18.8 Å². The van der Waals surface area contributed by atoms with Gasteiger partial charge >= 0.3 is 0 Å². The highest BCUT2D eigenvalue weighted by atomic mass is 16.3. The van der Waals surface area contributed by atoms with Crippen LogP contribution in [0.3, 0.4) is 0 Å². The third kappa shape index (κ3) is 54.0. The van der Waals surface area contributed by atoms with E-state index in [4.69, 9.17) is 0 Å². The van der Waals surface area contributed by atoms with Crippen molar-refractivity contribution in [2.75, 3.05) is 6.61 Å². The molecule has 0 aromatic rings. The molecule has 0 aliphatic carbocycles. The summed E-state index contributed by atoms with van der Waals surface area (Å²) < 4.78 is 0. The number of hydrogen-bond donors (Lipinski definition) is 3. The van der Waals surface area contributed by atoms with Gasteiger partial charge in [0.15, 0.2) is 0 Å². The van der Waals surface area contributed by atoms with Crippen molar-refractivity contribution in [1.82, 2.24) is 5.32 Å². The molecule has 0 aromatic carbocycles. The molecule has 0 rings (SSSR count). The largest absolute Gasteiger partial charge is 0.394 e. The highest BCUT2D eigenvalue weighted by Crippen LogP contribution is 2.16. The van der Waals surface area contributed by atoms with Gasteiger partial charge in [0, 0.05) is 6.42 Å². The Morgan fingerprint density at radius 1 is 0.368 bits per heavy atom. The van der Waals surface area contributed by atoms with Gasteiger partial charge in [-0.1, -0.05) is 277 Å². The van der Waals surface area contributed by atoms with Crippen molar-refractivity contribution in [3.8, 4) is 0 Å². The van der Waals surface area contributed by atoms with Crippen LogP contribution in [-0.2, 0) is 4.79 Å². The summed E-state index contributed by atoms with van der Waals surface area (Å²) in [5.74, 6) is -0.0808. The van der Waals surface area contributed by atoms with Crippen molar-refractivity contribution < 1.29 is 15.0 Å². The number of carbonyl (C=O) groups excluding carboxylic acids is 1. The summed E-state index contributed by atoms with van der Waals surface area (Å²) in [6.07, 6.45) is 88.2. The third-order valence-electron chi connectivity index (χ3n) is 12.7. The number of unbranched alkanes of at least 4 members (excludes halogenated alkanes) is 29. The molecule has 0 radical (unpaired) electrons. The Kier molecular flexibility index (Phi) is 55.8. The minimum atomic E-state index is -0.877. The average molecular weight is 943 g/mol. The first-order valence-electron chi connectivity index (χ1n) is 29.1. The van der Waals surface area contributed by atoms with E-state index in [-0.39, 0.29) is 12.5 Å². The Morgan fingerprint density at radius 3 is 1.03 bits per heavy atom. The number of nitrogens with one attached hydrogen (secondary N) is 1. The van der Waals surface area contributed by atoms with E-state index in [1.54, 1.807) is 6.08 Å². The first-order valence-corrected chi connectivity index (χ1v) is 29.1. The lowest BCUT2D eigenvalue weighted by Gasteiger charge is -2.19. The lowest BCUT2D eigenvalue weighted by molar-refractivity contribution is -0.123. The van der Waals surface area contributed by atoms with E-state index in [1.807, 2.05) is 6.08 Å². The van der Waals surface area contributed by atoms with E-state index in [0.29, 0.717) is 6.42 Å². The van der Waals surface area contributed by atoms with Crippen LogP contribution in [0.25, 0.3) is 0 Å². The molecule has 2 atom stereocenters. The molecule has 0 aliphatic heterocycles. The first kappa shape index (κ1) is 65.0. The van der Waals surface area contributed by atoms with Gasteiger partial charge in [-0.15, -0.1) is 0 Å². The molecule has 1 amide bonds. The fourth-order valence-electron chi connectivity index (χ4n) is 8.33. The molecule has 390 valence electrons. The molecular weight excluding hydrogens is 831 g/mol. The number of carbonyl (C=O) groups is 1. The summed E-state index contributed by atoms with van der Waals surface area (Å²) in [4.78, 5) is 12.5. The second kappa shape index (κ2) is 58.4. The summed E-state index contributed by atoms with van der Waals surface area (Å²) in [5, 5.41) is 23.2. The fraction of sp³-hybridized carbons (Fsp3) is 0.703. The van der Waals surface area contributed by atoms with Crippen LogP contribution in [0.1, 0.15) is 271 Å². The van der Waals surface area contributed by atoms with Crippen LogP contribution < -0.4 is 5.32 Å². The molecule has 0 bridgehead atoms. The van der Waals surface area contributed by atoms with Gasteiger partial charge in [0.1, 0.15) is 0 Å². The number of amides is 1. The van der Waals surface area contributed by atoms with E-state index in [1.165, 1.54) is 173 Å². The number of allylic oxidation sites excluding steroid dienone is 17. The molecule has 2 unspecified atom stereocenters. The van der Waals surface area contributed by atoms with Crippen molar-refractivity contribution in [1.29, 1.82) is 0 Å². The van der Waals surface area contributed by atoms with Crippen molar-refractivity contribution in [3.63, 3.8) is 0 Å². The fourth-order valence-corrected chi connectivity index (χ4v) is 8.33. The Labute approximate surface area is 423 Å². The van der Waals surface area contributed by atoms with Crippen molar-refractivity contribution in [2.24, 2.45) is 0 Å². The second-order valence-electron chi connectivity index (χ2n) is 19.3. The molecule has 0 aromatic heterocycles. The molecule has 0 saturated heterocycles. The van der Waals surface area contributed by atoms with E-state index >= 15 is 0 Å². The lowest BCUT2D eigenvalue weighted by Crippen LogP contribution is -2.45. The van der Waals surface area contributed by atoms with E-state index in [2.05, 4.69) is 116 Å². The van der Waals surface area contributed by atoms with Gasteiger partial charge in [-0.3, -0.25) is 4.79 Å². The highest BCUT2D eigenvalue weighted by molar-refractivity contribution is 5.76. The number of rotatable bonds is 52. The van der Waals surface area contributed by atoms with Crippen LogP contribution in [0, 0.1) is 0 Å². The number of aliphatic hydroxyl groups excluding tert-OH is 2. The Bertz CT molecular complexity index is 1300. The first-order chi connectivity index (χ1) is 33.7. The molecule has 68 heavy (non-hydrogen) atoms. The molecule has 4 nitrogen and oxygen atoms in total. The summed E-state index contributed by atoms with van der Waals surface area (Å²) in [7, 11) is 0. The predicted molar refractivity (Wildman–Crippen MR) is 303 cm³/mol. The molecule has 0 fully saturated rings. The zero-order valence-electron chi connectivity index (χ0n) is 44.8. The maximum absolute atomic E-state index is 12.5. The maximum atomic E-state index is 12.5. The second-order valence-corrected chi connectivity index (χ2v) is 19.3. The standard InChI is InChI=1S/C64H111NO3/c1-3-5-7-9-11-13-15-17-19-21-23-25-27-28-29-30-31-32-33-34-35-36-38-40-42-44-46-48-50-52-54-56-58-60-64(68)65-62(61-66)63(67)59-57-55-53-51-49-47-45-43-41-39-37-26-24-22-20-18-16-14-12-10-8-6-4-2/h5,7,11,13,17,19,23,25,28-29,31-32,41,43,49,51,57,59,62-63,66-67H,3-4,6,8-10,12,14-16,18,20-22,24,26-27,30,33-40,42,44-48,50,52-56,58,60-61H2,1-2H3,(H,65,68)/b7-5-,13-11-,19-17-,25-23-,29-28-,32-31-,43-41+,51-49+,59-57+. The molecule has 3 N–H and O–H groups in total. The van der Waals surface area contributed by atoms with Crippen molar-refractivity contribution in [2.45, 2.75) is 283 Å². The average Bonchev–Trinajstić information content (AvgIpc) is 3.34. The summed E-state index contributed by atoms with van der Waals surface area (Å²) in [6, 6.07) is -0.653. The van der Waals surface area contributed by atoms with Gasteiger partial charge in [-0.25, -0.2) is 0 Å². The monoisotopic (exact) mass is 942 g/mol. The molecule has 0 heterocycles. The molecule has 0 aliphatic rings. The van der Waals surface area contributed by atoms with E-state index in [0.717, 1.165) is 77.0 Å². The molecular formula is C64H111NO3. The minimum Gasteiger partial charge on any atom is -0.394 e. The van der Waals surface area contributed by atoms with E-state index < -0.39 is 12.1 Å². The molecule has 0 saturated carbocycles. The normalized spacial score (nSPS) is 13.6. The van der Waals surface area contributed by atoms with Gasteiger partial charge in [-0.2, -0.15) is 0 Å². The number of hydrogen-bond acceptors (Lipinski definition) is 3. The number of aliphatic hydroxyl groups is 2. The minimum absolute atomic E-state index is 0.0808. The summed E-state index contributed by atoms with van der Waals surface area (Å²) in [6.45, 7) is 4.19. The summed E-state index contributed by atoms with van der Waals surface area (Å²) >= 11 is 0. The van der Waals surface area contributed by atoms with Gasteiger partial charge in [0.2, 0.25) is 5.91 Å².